The van der Waals surface area contributed by atoms with Gasteiger partial charge < -0.3 is 9.64 Å². The zero-order valence-corrected chi connectivity index (χ0v) is 8.58. The second-order valence-corrected chi connectivity index (χ2v) is 4.14. The van der Waals surface area contributed by atoms with E-state index in [0.29, 0.717) is 12.8 Å². The van der Waals surface area contributed by atoms with E-state index in [9.17, 15) is 9.59 Å². The highest BCUT2D eigenvalue weighted by atomic mass is 16.5. The molecular weight excluding hydrogens is 182 g/mol. The highest BCUT2D eigenvalue weighted by Crippen LogP contribution is 2.37. The van der Waals surface area contributed by atoms with Crippen LogP contribution in [0.1, 0.15) is 26.2 Å². The Morgan fingerprint density at radius 2 is 2.21 bits per heavy atom. The van der Waals surface area contributed by atoms with Gasteiger partial charge in [0.05, 0.1) is 6.04 Å². The fourth-order valence-electron chi connectivity index (χ4n) is 2.28. The molecule has 0 N–H and O–H groups in total. The third-order valence-electron chi connectivity index (χ3n) is 3.48. The lowest BCUT2D eigenvalue weighted by atomic mass is 9.73. The lowest BCUT2D eigenvalue weighted by Gasteiger charge is -2.48. The van der Waals surface area contributed by atoms with E-state index < -0.39 is 5.60 Å². The molecule has 0 aromatic rings. The smallest absolute Gasteiger partial charge is 0.223 e. The molecule has 0 aromatic carbocycles. The number of carbonyl (C=O) groups is 2. The summed E-state index contributed by atoms with van der Waals surface area (Å²) in [6.45, 7) is 2.55. The van der Waals surface area contributed by atoms with E-state index in [-0.39, 0.29) is 17.7 Å². The molecule has 4 nitrogen and oxygen atoms in total. The van der Waals surface area contributed by atoms with E-state index in [0.717, 1.165) is 13.0 Å². The zero-order chi connectivity index (χ0) is 10.3. The first-order valence-electron chi connectivity index (χ1n) is 4.97. The third kappa shape index (κ3) is 1.10. The van der Waals surface area contributed by atoms with Gasteiger partial charge in [-0.2, -0.15) is 0 Å². The molecule has 1 aliphatic heterocycles. The monoisotopic (exact) mass is 197 g/mol. The largest absolute Gasteiger partial charge is 0.369 e. The standard InChI is InChI=1S/C10H15NO3/c1-10(14-2)7(6-8(10)12)11-5-3-4-9(11)13/h7H,3-6H2,1-2H3. The quantitative estimate of drug-likeness (QED) is 0.642. The lowest BCUT2D eigenvalue weighted by molar-refractivity contribution is -0.171. The molecule has 2 fully saturated rings. The number of amides is 1. The molecular formula is C10H15NO3. The van der Waals surface area contributed by atoms with Crippen LogP contribution in [0.2, 0.25) is 0 Å². The van der Waals surface area contributed by atoms with E-state index in [2.05, 4.69) is 0 Å². The average Bonchev–Trinajstić information content (AvgIpc) is 2.59. The van der Waals surface area contributed by atoms with Crippen molar-refractivity contribution in [3.05, 3.63) is 0 Å². The van der Waals surface area contributed by atoms with Crippen LogP contribution < -0.4 is 0 Å². The Labute approximate surface area is 83.2 Å². The molecule has 0 bridgehead atoms. The van der Waals surface area contributed by atoms with E-state index in [4.69, 9.17) is 4.74 Å². The van der Waals surface area contributed by atoms with Gasteiger partial charge in [-0.05, 0) is 13.3 Å². The van der Waals surface area contributed by atoms with Crippen molar-refractivity contribution in [3.8, 4) is 0 Å². The highest BCUT2D eigenvalue weighted by Gasteiger charge is 2.55. The molecule has 78 valence electrons. The van der Waals surface area contributed by atoms with Crippen molar-refractivity contribution in [2.75, 3.05) is 13.7 Å². The summed E-state index contributed by atoms with van der Waals surface area (Å²) in [7, 11) is 1.53. The molecule has 14 heavy (non-hydrogen) atoms. The number of likely N-dealkylation sites (tertiary alicyclic amines) is 1. The Morgan fingerprint density at radius 3 is 2.64 bits per heavy atom. The molecule has 2 rings (SSSR count). The summed E-state index contributed by atoms with van der Waals surface area (Å²) in [4.78, 5) is 24.7. The third-order valence-corrected chi connectivity index (χ3v) is 3.48. The minimum atomic E-state index is -0.750. The van der Waals surface area contributed by atoms with Crippen LogP contribution in [0.4, 0.5) is 0 Å². The van der Waals surface area contributed by atoms with Gasteiger partial charge in [0.25, 0.3) is 0 Å². The molecule has 2 unspecified atom stereocenters. The Balaban J connectivity index is 2.13. The van der Waals surface area contributed by atoms with E-state index >= 15 is 0 Å². The van der Waals surface area contributed by atoms with Crippen LogP contribution in [0.15, 0.2) is 0 Å². The van der Waals surface area contributed by atoms with Gasteiger partial charge >= 0.3 is 0 Å². The van der Waals surface area contributed by atoms with Crippen LogP contribution in [-0.4, -0.2) is 41.9 Å². The van der Waals surface area contributed by atoms with Crippen LogP contribution in [0.25, 0.3) is 0 Å². The maximum atomic E-state index is 11.5. The molecule has 1 saturated heterocycles. The summed E-state index contributed by atoms with van der Waals surface area (Å²) in [5.41, 5.74) is -0.750. The van der Waals surface area contributed by atoms with Gasteiger partial charge in [0.1, 0.15) is 5.60 Å². The number of ketones is 1. The number of carbonyl (C=O) groups excluding carboxylic acids is 2. The van der Waals surface area contributed by atoms with Gasteiger partial charge in [0, 0.05) is 26.5 Å². The first-order valence-corrected chi connectivity index (χ1v) is 4.97. The Kier molecular flexibility index (Phi) is 2.10. The predicted octanol–water partition coefficient (Wildman–Crippen LogP) is 0.355. The predicted molar refractivity (Wildman–Crippen MR) is 49.8 cm³/mol. The summed E-state index contributed by atoms with van der Waals surface area (Å²) < 4.78 is 5.22. The van der Waals surface area contributed by atoms with Gasteiger partial charge in [0.15, 0.2) is 5.78 Å². The van der Waals surface area contributed by atoms with Gasteiger partial charge in [-0.25, -0.2) is 0 Å². The molecule has 2 aliphatic rings. The number of methoxy groups -OCH3 is 1. The molecule has 0 radical (unpaired) electrons. The van der Waals surface area contributed by atoms with Crippen LogP contribution in [0, 0.1) is 0 Å². The van der Waals surface area contributed by atoms with Crippen LogP contribution in [-0.2, 0) is 14.3 Å². The summed E-state index contributed by atoms with van der Waals surface area (Å²) >= 11 is 0. The molecule has 1 amide bonds. The van der Waals surface area contributed by atoms with E-state index in [1.165, 1.54) is 7.11 Å². The number of rotatable bonds is 2. The number of nitrogens with zero attached hydrogens (tertiary/aromatic N) is 1. The summed E-state index contributed by atoms with van der Waals surface area (Å²) in [6.07, 6.45) is 1.98. The first kappa shape index (κ1) is 9.65. The summed E-state index contributed by atoms with van der Waals surface area (Å²) in [6, 6.07) is -0.0324. The van der Waals surface area contributed by atoms with Crippen molar-refractivity contribution >= 4 is 11.7 Å². The Hall–Kier alpha value is -0.900. The van der Waals surface area contributed by atoms with Crippen molar-refractivity contribution in [2.24, 2.45) is 0 Å². The van der Waals surface area contributed by atoms with Gasteiger partial charge in [0.2, 0.25) is 5.91 Å². The van der Waals surface area contributed by atoms with Crippen LogP contribution in [0.3, 0.4) is 0 Å². The van der Waals surface area contributed by atoms with Crippen molar-refractivity contribution in [2.45, 2.75) is 37.8 Å². The molecule has 0 aromatic heterocycles. The minimum absolute atomic E-state index is 0.0324. The lowest BCUT2D eigenvalue weighted by Crippen LogP contribution is -2.66. The zero-order valence-electron chi connectivity index (χ0n) is 8.58. The first-order chi connectivity index (χ1) is 6.59. The molecule has 1 aliphatic carbocycles. The Bertz CT molecular complexity index is 289. The summed E-state index contributed by atoms with van der Waals surface area (Å²) in [5, 5.41) is 0. The van der Waals surface area contributed by atoms with Gasteiger partial charge in [-0.15, -0.1) is 0 Å². The SMILES string of the molecule is COC1(C)C(=O)CC1N1CCCC1=O. The number of hydrogen-bond donors (Lipinski definition) is 0. The van der Waals surface area contributed by atoms with E-state index in [1.807, 2.05) is 0 Å². The second-order valence-electron chi connectivity index (χ2n) is 4.14. The van der Waals surface area contributed by atoms with Crippen LogP contribution >= 0.6 is 0 Å². The molecule has 1 heterocycles. The maximum absolute atomic E-state index is 11.5. The molecule has 4 heteroatoms. The topological polar surface area (TPSA) is 46.6 Å². The Morgan fingerprint density at radius 1 is 1.50 bits per heavy atom. The van der Waals surface area contributed by atoms with Gasteiger partial charge in [-0.3, -0.25) is 9.59 Å². The van der Waals surface area contributed by atoms with Crippen LogP contribution in [0.5, 0.6) is 0 Å². The fraction of sp³-hybridized carbons (Fsp3) is 0.800. The van der Waals surface area contributed by atoms with E-state index in [1.54, 1.807) is 11.8 Å². The molecule has 2 atom stereocenters. The van der Waals surface area contributed by atoms with Crippen molar-refractivity contribution in [3.63, 3.8) is 0 Å². The van der Waals surface area contributed by atoms with Crippen molar-refractivity contribution < 1.29 is 14.3 Å². The minimum Gasteiger partial charge on any atom is -0.369 e. The van der Waals surface area contributed by atoms with Crippen molar-refractivity contribution in [1.82, 2.24) is 4.90 Å². The summed E-state index contributed by atoms with van der Waals surface area (Å²) in [5.74, 6) is 0.260. The van der Waals surface area contributed by atoms with Crippen molar-refractivity contribution in [1.29, 1.82) is 0 Å². The maximum Gasteiger partial charge on any atom is 0.223 e. The second kappa shape index (κ2) is 3.05. The number of hydrogen-bond acceptors (Lipinski definition) is 3. The highest BCUT2D eigenvalue weighted by molar-refractivity contribution is 5.96. The average molecular weight is 197 g/mol. The normalized spacial score (nSPS) is 37.6. The fourth-order valence-corrected chi connectivity index (χ4v) is 2.28. The number of ether oxygens (including phenoxy) is 1. The van der Waals surface area contributed by atoms with Gasteiger partial charge in [-0.1, -0.05) is 0 Å². The number of Topliss-reactive ketones (excluding diaryl/α,β-unsaturated/α-hetero) is 1. The molecule has 1 saturated carbocycles. The molecule has 0 spiro atoms.